The molecule has 0 unspecified atom stereocenters. The molecular formula is C24H32N2O2. The number of carbonyl (C=O) groups is 1. The summed E-state index contributed by atoms with van der Waals surface area (Å²) in [5, 5.41) is 2.92. The summed E-state index contributed by atoms with van der Waals surface area (Å²) in [5.74, 6) is 1.57. The van der Waals surface area contributed by atoms with Gasteiger partial charge in [0, 0.05) is 18.7 Å². The Morgan fingerprint density at radius 1 is 1.11 bits per heavy atom. The van der Waals surface area contributed by atoms with Crippen LogP contribution in [0, 0.1) is 5.92 Å². The first-order chi connectivity index (χ1) is 13.6. The number of ether oxygens (including phenoxy) is 1. The zero-order valence-electron chi connectivity index (χ0n) is 17.1. The van der Waals surface area contributed by atoms with Gasteiger partial charge in [0.1, 0.15) is 12.4 Å². The van der Waals surface area contributed by atoms with Crippen molar-refractivity contribution in [3.8, 4) is 5.75 Å². The number of piperidine rings is 1. The van der Waals surface area contributed by atoms with Crippen LogP contribution < -0.4 is 10.1 Å². The summed E-state index contributed by atoms with van der Waals surface area (Å²) in [6.07, 6.45) is 3.64. The first kappa shape index (κ1) is 20.4. The fourth-order valence-corrected chi connectivity index (χ4v) is 3.71. The second-order valence-corrected chi connectivity index (χ2v) is 7.78. The van der Waals surface area contributed by atoms with Gasteiger partial charge in [-0.1, -0.05) is 38.1 Å². The average molecular weight is 381 g/mol. The molecule has 4 heteroatoms. The number of nitrogens with zero attached hydrogens (tertiary/aromatic N) is 1. The number of hydrogen-bond donors (Lipinski definition) is 1. The van der Waals surface area contributed by atoms with E-state index in [0.29, 0.717) is 18.7 Å². The van der Waals surface area contributed by atoms with Gasteiger partial charge >= 0.3 is 0 Å². The molecule has 1 aliphatic rings. The number of amides is 1. The maximum absolute atomic E-state index is 12.3. The van der Waals surface area contributed by atoms with Crippen LogP contribution in [0.1, 0.15) is 48.2 Å². The first-order valence-electron chi connectivity index (χ1n) is 10.4. The van der Waals surface area contributed by atoms with Gasteiger partial charge in [0.2, 0.25) is 0 Å². The number of carbonyl (C=O) groups excluding carboxylic acids is 1. The molecule has 0 aromatic heterocycles. The smallest absolute Gasteiger partial charge is 0.251 e. The van der Waals surface area contributed by atoms with Crippen LogP contribution in [0.15, 0.2) is 48.5 Å². The maximum Gasteiger partial charge on any atom is 0.251 e. The Hall–Kier alpha value is -2.33. The van der Waals surface area contributed by atoms with Crippen LogP contribution in [0.3, 0.4) is 0 Å². The molecule has 2 aromatic carbocycles. The summed E-state index contributed by atoms with van der Waals surface area (Å²) in [7, 11) is 0. The van der Waals surface area contributed by atoms with E-state index in [4.69, 9.17) is 4.74 Å². The maximum atomic E-state index is 12.3. The molecule has 0 radical (unpaired) electrons. The Balaban J connectivity index is 1.40. The lowest BCUT2D eigenvalue weighted by Crippen LogP contribution is -2.33. The lowest BCUT2D eigenvalue weighted by Gasteiger charge is -2.30. The van der Waals surface area contributed by atoms with Crippen molar-refractivity contribution in [3.05, 3.63) is 65.2 Å². The molecular weight excluding hydrogens is 348 g/mol. The molecule has 0 saturated carbocycles. The van der Waals surface area contributed by atoms with Gasteiger partial charge in [0.05, 0.1) is 6.54 Å². The highest BCUT2D eigenvalue weighted by molar-refractivity contribution is 5.94. The van der Waals surface area contributed by atoms with E-state index in [1.54, 1.807) is 0 Å². The summed E-state index contributed by atoms with van der Waals surface area (Å²) in [4.78, 5) is 14.8. The molecule has 4 nitrogen and oxygen atoms in total. The van der Waals surface area contributed by atoms with Crippen LogP contribution in [0.2, 0.25) is 0 Å². The lowest BCUT2D eigenvalue weighted by molar-refractivity contribution is 0.0947. The Morgan fingerprint density at radius 3 is 2.50 bits per heavy atom. The number of benzene rings is 2. The SMILES string of the molecule is CCc1ccc(OCCNC(=O)c2ccc(CN3CCC[C@@H](C)C3)cc2)cc1. The van der Waals surface area contributed by atoms with Crippen LogP contribution in [0.25, 0.3) is 0 Å². The van der Waals surface area contributed by atoms with Gasteiger partial charge in [-0.2, -0.15) is 0 Å². The van der Waals surface area contributed by atoms with Crippen molar-refractivity contribution < 1.29 is 9.53 Å². The molecule has 1 saturated heterocycles. The molecule has 150 valence electrons. The van der Waals surface area contributed by atoms with Gasteiger partial charge in [-0.05, 0) is 67.1 Å². The molecule has 2 aromatic rings. The Labute approximate surface area is 168 Å². The third kappa shape index (κ3) is 6.10. The molecule has 0 bridgehead atoms. The predicted molar refractivity (Wildman–Crippen MR) is 114 cm³/mol. The van der Waals surface area contributed by atoms with E-state index in [-0.39, 0.29) is 5.91 Å². The van der Waals surface area contributed by atoms with E-state index in [2.05, 4.69) is 48.3 Å². The standard InChI is InChI=1S/C24H32N2O2/c1-3-20-8-12-23(13-9-20)28-16-14-25-24(27)22-10-6-21(7-11-22)18-26-15-4-5-19(2)17-26/h6-13,19H,3-5,14-18H2,1-2H3,(H,25,27)/t19-/m1/s1. The van der Waals surface area contributed by atoms with Crippen molar-refractivity contribution in [1.82, 2.24) is 10.2 Å². The van der Waals surface area contributed by atoms with Crippen molar-refractivity contribution in [2.45, 2.75) is 39.7 Å². The number of rotatable bonds is 8. The van der Waals surface area contributed by atoms with Gasteiger partial charge in [-0.25, -0.2) is 0 Å². The monoisotopic (exact) mass is 380 g/mol. The normalized spacial score (nSPS) is 17.3. The van der Waals surface area contributed by atoms with Gasteiger partial charge in [-0.15, -0.1) is 0 Å². The highest BCUT2D eigenvalue weighted by Gasteiger charge is 2.16. The van der Waals surface area contributed by atoms with Crippen LogP contribution in [-0.4, -0.2) is 37.0 Å². The van der Waals surface area contributed by atoms with Crippen molar-refractivity contribution >= 4 is 5.91 Å². The van der Waals surface area contributed by atoms with E-state index in [0.717, 1.165) is 24.6 Å². The minimum atomic E-state index is -0.0527. The van der Waals surface area contributed by atoms with Crippen molar-refractivity contribution in [1.29, 1.82) is 0 Å². The van der Waals surface area contributed by atoms with Gasteiger partial charge in [0.15, 0.2) is 0 Å². The number of aryl methyl sites for hydroxylation is 1. The van der Waals surface area contributed by atoms with Gasteiger partial charge in [-0.3, -0.25) is 9.69 Å². The van der Waals surface area contributed by atoms with Crippen LogP contribution >= 0.6 is 0 Å². The van der Waals surface area contributed by atoms with E-state index >= 15 is 0 Å². The molecule has 3 rings (SSSR count). The highest BCUT2D eigenvalue weighted by atomic mass is 16.5. The van der Waals surface area contributed by atoms with E-state index in [1.807, 2.05) is 24.3 Å². The third-order valence-corrected chi connectivity index (χ3v) is 5.35. The van der Waals surface area contributed by atoms with Crippen LogP contribution in [0.5, 0.6) is 5.75 Å². The Bertz CT molecular complexity index is 740. The fourth-order valence-electron chi connectivity index (χ4n) is 3.71. The zero-order chi connectivity index (χ0) is 19.8. The summed E-state index contributed by atoms with van der Waals surface area (Å²) < 4.78 is 5.68. The van der Waals surface area contributed by atoms with Crippen LogP contribution in [0.4, 0.5) is 0 Å². The summed E-state index contributed by atoms with van der Waals surface area (Å²) in [6.45, 7) is 8.72. The minimum Gasteiger partial charge on any atom is -0.492 e. The van der Waals surface area contributed by atoms with E-state index in [1.165, 1.54) is 37.1 Å². The molecule has 1 fully saturated rings. The summed E-state index contributed by atoms with van der Waals surface area (Å²) >= 11 is 0. The molecule has 28 heavy (non-hydrogen) atoms. The fraction of sp³-hybridized carbons (Fsp3) is 0.458. The lowest BCUT2D eigenvalue weighted by atomic mass is 9.99. The van der Waals surface area contributed by atoms with Gasteiger partial charge in [0.25, 0.3) is 5.91 Å². The van der Waals surface area contributed by atoms with Crippen molar-refractivity contribution in [2.75, 3.05) is 26.2 Å². The molecule has 1 atom stereocenters. The first-order valence-corrected chi connectivity index (χ1v) is 10.4. The zero-order valence-corrected chi connectivity index (χ0v) is 17.1. The summed E-state index contributed by atoms with van der Waals surface area (Å²) in [6, 6.07) is 16.1. The number of nitrogens with one attached hydrogen (secondary N) is 1. The Morgan fingerprint density at radius 2 is 1.82 bits per heavy atom. The second-order valence-electron chi connectivity index (χ2n) is 7.78. The largest absolute Gasteiger partial charge is 0.492 e. The van der Waals surface area contributed by atoms with Crippen LogP contribution in [-0.2, 0) is 13.0 Å². The second kappa shape index (κ2) is 10.3. The van der Waals surface area contributed by atoms with Crippen molar-refractivity contribution in [3.63, 3.8) is 0 Å². The van der Waals surface area contributed by atoms with Gasteiger partial charge < -0.3 is 10.1 Å². The van der Waals surface area contributed by atoms with E-state index < -0.39 is 0 Å². The molecule has 1 heterocycles. The topological polar surface area (TPSA) is 41.6 Å². The molecule has 0 aliphatic carbocycles. The molecule has 1 amide bonds. The number of hydrogen-bond acceptors (Lipinski definition) is 3. The number of likely N-dealkylation sites (tertiary alicyclic amines) is 1. The summed E-state index contributed by atoms with van der Waals surface area (Å²) in [5.41, 5.74) is 3.26. The van der Waals surface area contributed by atoms with Crippen molar-refractivity contribution in [2.24, 2.45) is 5.92 Å². The van der Waals surface area contributed by atoms with E-state index in [9.17, 15) is 4.79 Å². The third-order valence-electron chi connectivity index (χ3n) is 5.35. The molecule has 1 aliphatic heterocycles. The Kier molecular flexibility index (Phi) is 7.49. The highest BCUT2D eigenvalue weighted by Crippen LogP contribution is 2.18. The molecule has 1 N–H and O–H groups in total. The minimum absolute atomic E-state index is 0.0527. The average Bonchev–Trinajstić information content (AvgIpc) is 2.72. The quantitative estimate of drug-likeness (QED) is 0.695. The molecule has 0 spiro atoms. The predicted octanol–water partition coefficient (Wildman–Crippen LogP) is 4.29.